The second kappa shape index (κ2) is 8.05. The molecule has 1 N–H and O–H groups in total. The van der Waals surface area contributed by atoms with Crippen LogP contribution in [0.2, 0.25) is 0 Å². The van der Waals surface area contributed by atoms with Crippen molar-refractivity contribution in [3.8, 4) is 0 Å². The number of hydrogen-bond donors (Lipinski definition) is 1. The SMILES string of the molecule is C[C@@H]1Cc2ccsc2[C@H](C)N1CCCNS(=O)(=O)c1ccc([N+](=O)[O-])cc1. The number of non-ortho nitro benzene ring substituents is 1. The molecule has 0 fully saturated rings. The molecule has 1 aliphatic rings. The van der Waals surface area contributed by atoms with Crippen LogP contribution >= 0.6 is 11.3 Å². The zero-order valence-corrected chi connectivity index (χ0v) is 16.9. The summed E-state index contributed by atoms with van der Waals surface area (Å²) in [4.78, 5) is 14.0. The molecule has 1 aromatic carbocycles. The predicted octanol–water partition coefficient (Wildman–Crippen LogP) is 3.33. The molecule has 1 aliphatic heterocycles. The van der Waals surface area contributed by atoms with Crippen LogP contribution in [0.25, 0.3) is 0 Å². The number of sulfonamides is 1. The lowest BCUT2D eigenvalue weighted by molar-refractivity contribution is -0.384. The number of nitrogens with one attached hydrogen (secondary N) is 1. The minimum atomic E-state index is -3.66. The van der Waals surface area contributed by atoms with Gasteiger partial charge in [0.2, 0.25) is 10.0 Å². The standard InChI is InChI=1S/C18H23N3O4S2/c1-13-12-15-8-11-26-18(15)14(2)20(13)10-3-9-19-27(24,25)17-6-4-16(5-7-17)21(22)23/h4-8,11,13-14,19H,3,9-10,12H2,1-2H3/t13-,14+/m1/s1. The number of benzene rings is 1. The van der Waals surface area contributed by atoms with E-state index >= 15 is 0 Å². The zero-order chi connectivity index (χ0) is 19.6. The van der Waals surface area contributed by atoms with Gasteiger partial charge in [-0.2, -0.15) is 0 Å². The summed E-state index contributed by atoms with van der Waals surface area (Å²) in [5.41, 5.74) is 1.30. The van der Waals surface area contributed by atoms with E-state index in [1.54, 1.807) is 11.3 Å². The van der Waals surface area contributed by atoms with E-state index in [2.05, 4.69) is 34.9 Å². The van der Waals surface area contributed by atoms with Gasteiger partial charge in [0, 0.05) is 42.2 Å². The van der Waals surface area contributed by atoms with Crippen LogP contribution in [-0.4, -0.2) is 37.4 Å². The quantitative estimate of drug-likeness (QED) is 0.430. The highest BCUT2D eigenvalue weighted by Gasteiger charge is 2.29. The van der Waals surface area contributed by atoms with Crippen molar-refractivity contribution in [1.29, 1.82) is 0 Å². The first-order valence-electron chi connectivity index (χ1n) is 8.85. The maximum Gasteiger partial charge on any atom is 0.269 e. The van der Waals surface area contributed by atoms with E-state index < -0.39 is 14.9 Å². The van der Waals surface area contributed by atoms with Crippen molar-refractivity contribution in [2.45, 2.75) is 43.7 Å². The fraction of sp³-hybridized carbons (Fsp3) is 0.444. The summed E-state index contributed by atoms with van der Waals surface area (Å²) in [7, 11) is -3.66. The van der Waals surface area contributed by atoms with Crippen molar-refractivity contribution in [3.63, 3.8) is 0 Å². The van der Waals surface area contributed by atoms with Gasteiger partial charge in [0.15, 0.2) is 0 Å². The Morgan fingerprint density at radius 2 is 1.96 bits per heavy atom. The van der Waals surface area contributed by atoms with Gasteiger partial charge >= 0.3 is 0 Å². The van der Waals surface area contributed by atoms with Crippen LogP contribution in [0.4, 0.5) is 5.69 Å². The Hall–Kier alpha value is -1.81. The molecule has 0 bridgehead atoms. The van der Waals surface area contributed by atoms with E-state index in [1.165, 1.54) is 34.7 Å². The number of nitro groups is 1. The summed E-state index contributed by atoms with van der Waals surface area (Å²) >= 11 is 1.78. The molecule has 2 aromatic rings. The van der Waals surface area contributed by atoms with Crippen LogP contribution in [0.5, 0.6) is 0 Å². The molecule has 0 aliphatic carbocycles. The van der Waals surface area contributed by atoms with E-state index in [9.17, 15) is 18.5 Å². The van der Waals surface area contributed by atoms with E-state index in [0.29, 0.717) is 25.0 Å². The van der Waals surface area contributed by atoms with Gasteiger partial charge in [-0.15, -0.1) is 11.3 Å². The third-order valence-electron chi connectivity index (χ3n) is 4.98. The number of rotatable bonds is 7. The first-order valence-corrected chi connectivity index (χ1v) is 11.2. The average molecular weight is 410 g/mol. The highest BCUT2D eigenvalue weighted by molar-refractivity contribution is 7.89. The smallest absolute Gasteiger partial charge is 0.269 e. The molecule has 146 valence electrons. The van der Waals surface area contributed by atoms with Crippen molar-refractivity contribution in [3.05, 3.63) is 56.3 Å². The van der Waals surface area contributed by atoms with Crippen LogP contribution in [0.1, 0.15) is 36.8 Å². The van der Waals surface area contributed by atoms with E-state index in [4.69, 9.17) is 0 Å². The second-order valence-electron chi connectivity index (χ2n) is 6.78. The number of nitrogens with zero attached hydrogens (tertiary/aromatic N) is 2. The van der Waals surface area contributed by atoms with Gasteiger partial charge < -0.3 is 0 Å². The summed E-state index contributed by atoms with van der Waals surface area (Å²) < 4.78 is 27.2. The number of nitro benzene ring substituents is 1. The lowest BCUT2D eigenvalue weighted by Crippen LogP contribution is -2.41. The second-order valence-corrected chi connectivity index (χ2v) is 9.49. The fourth-order valence-electron chi connectivity index (χ4n) is 3.56. The molecule has 9 heteroatoms. The molecule has 0 amide bonds. The van der Waals surface area contributed by atoms with Gasteiger partial charge in [0.25, 0.3) is 5.69 Å². The Balaban J connectivity index is 1.54. The van der Waals surface area contributed by atoms with Crippen LogP contribution in [0, 0.1) is 10.1 Å². The summed E-state index contributed by atoms with van der Waals surface area (Å²) in [6.45, 7) is 5.54. The van der Waals surface area contributed by atoms with Crippen molar-refractivity contribution in [2.75, 3.05) is 13.1 Å². The van der Waals surface area contributed by atoms with Gasteiger partial charge in [-0.05, 0) is 55.8 Å². The first-order chi connectivity index (χ1) is 12.8. The summed E-state index contributed by atoms with van der Waals surface area (Å²) in [5, 5.41) is 12.8. The average Bonchev–Trinajstić information content (AvgIpc) is 3.09. The van der Waals surface area contributed by atoms with Crippen molar-refractivity contribution < 1.29 is 13.3 Å². The van der Waals surface area contributed by atoms with Gasteiger partial charge in [-0.3, -0.25) is 15.0 Å². The van der Waals surface area contributed by atoms with Gasteiger partial charge in [-0.1, -0.05) is 0 Å². The Bertz CT molecular complexity index is 909. The van der Waals surface area contributed by atoms with Crippen molar-refractivity contribution in [2.24, 2.45) is 0 Å². The fourth-order valence-corrected chi connectivity index (χ4v) is 5.65. The van der Waals surface area contributed by atoms with Crippen molar-refractivity contribution in [1.82, 2.24) is 9.62 Å². The Kier molecular flexibility index (Phi) is 5.95. The lowest BCUT2D eigenvalue weighted by Gasteiger charge is -2.38. The van der Waals surface area contributed by atoms with Crippen LogP contribution in [0.3, 0.4) is 0 Å². The number of thiophene rings is 1. The third kappa shape index (κ3) is 4.37. The highest BCUT2D eigenvalue weighted by Crippen LogP contribution is 2.36. The molecular weight excluding hydrogens is 386 g/mol. The number of fused-ring (bicyclic) bond motifs is 1. The summed E-state index contributed by atoms with van der Waals surface area (Å²) in [5.74, 6) is 0. The first kappa shape index (κ1) is 19.9. The molecule has 0 spiro atoms. The molecule has 1 aromatic heterocycles. The molecule has 0 radical (unpaired) electrons. The molecule has 0 saturated heterocycles. The predicted molar refractivity (Wildman–Crippen MR) is 106 cm³/mol. The monoisotopic (exact) mass is 409 g/mol. The Labute approximate surface area is 163 Å². The molecule has 0 saturated carbocycles. The number of hydrogen-bond acceptors (Lipinski definition) is 6. The molecule has 7 nitrogen and oxygen atoms in total. The van der Waals surface area contributed by atoms with E-state index in [-0.39, 0.29) is 10.6 Å². The molecular formula is C18H23N3O4S2. The van der Waals surface area contributed by atoms with Crippen LogP contribution < -0.4 is 4.72 Å². The topological polar surface area (TPSA) is 92.6 Å². The molecule has 2 heterocycles. The Morgan fingerprint density at radius 3 is 2.63 bits per heavy atom. The third-order valence-corrected chi connectivity index (χ3v) is 7.59. The van der Waals surface area contributed by atoms with E-state index in [0.717, 1.165) is 13.0 Å². The molecule has 0 unspecified atom stereocenters. The van der Waals surface area contributed by atoms with Gasteiger partial charge in [0.1, 0.15) is 0 Å². The maximum atomic E-state index is 12.3. The zero-order valence-electron chi connectivity index (χ0n) is 15.3. The Morgan fingerprint density at radius 1 is 1.26 bits per heavy atom. The summed E-state index contributed by atoms with van der Waals surface area (Å²) in [6, 6.07) is 7.88. The lowest BCUT2D eigenvalue weighted by atomic mass is 9.96. The molecule has 2 atom stereocenters. The van der Waals surface area contributed by atoms with E-state index in [1.807, 2.05) is 0 Å². The molecule has 3 rings (SSSR count). The minimum Gasteiger partial charge on any atom is -0.293 e. The van der Waals surface area contributed by atoms with Crippen LogP contribution in [0.15, 0.2) is 40.6 Å². The minimum absolute atomic E-state index is 0.0380. The van der Waals surface area contributed by atoms with Gasteiger partial charge in [-0.25, -0.2) is 13.1 Å². The largest absolute Gasteiger partial charge is 0.293 e. The summed E-state index contributed by atoms with van der Waals surface area (Å²) in [6.07, 6.45) is 1.72. The van der Waals surface area contributed by atoms with Crippen molar-refractivity contribution >= 4 is 27.0 Å². The highest BCUT2D eigenvalue weighted by atomic mass is 32.2. The normalized spacial score (nSPS) is 20.4. The molecule has 27 heavy (non-hydrogen) atoms. The van der Waals surface area contributed by atoms with Gasteiger partial charge in [0.05, 0.1) is 9.82 Å². The van der Waals surface area contributed by atoms with Crippen LogP contribution in [-0.2, 0) is 16.4 Å². The maximum absolute atomic E-state index is 12.3.